The Labute approximate surface area is 246 Å². The van der Waals surface area contributed by atoms with Crippen molar-refractivity contribution in [2.75, 3.05) is 23.4 Å². The number of carboxylic acids is 1. The van der Waals surface area contributed by atoms with Crippen LogP contribution >= 0.6 is 0 Å². The number of rotatable bonds is 12. The number of para-hydroxylation sites is 2. The molecule has 4 aromatic carbocycles. The first kappa shape index (κ1) is 28.7. The predicted molar refractivity (Wildman–Crippen MR) is 165 cm³/mol. The van der Waals surface area contributed by atoms with E-state index in [-0.39, 0.29) is 12.5 Å². The molecule has 216 valence electrons. The van der Waals surface area contributed by atoms with E-state index in [0.717, 1.165) is 36.2 Å². The second-order valence-corrected chi connectivity index (χ2v) is 10.7. The van der Waals surface area contributed by atoms with Gasteiger partial charge in [-0.3, -0.25) is 4.90 Å². The number of nitrogens with one attached hydrogen (secondary N) is 1. The molecule has 2 amide bonds. The molecule has 0 radical (unpaired) electrons. The molecule has 1 aliphatic rings. The number of hydrogen-bond acceptors (Lipinski definition) is 4. The van der Waals surface area contributed by atoms with Crippen molar-refractivity contribution in [3.05, 3.63) is 120 Å². The van der Waals surface area contributed by atoms with Gasteiger partial charge in [0.15, 0.2) is 0 Å². The summed E-state index contributed by atoms with van der Waals surface area (Å²) in [6.45, 7) is 2.47. The Morgan fingerprint density at radius 1 is 0.857 bits per heavy atom. The van der Waals surface area contributed by atoms with Crippen LogP contribution in [0.3, 0.4) is 0 Å². The quantitative estimate of drug-likeness (QED) is 0.179. The lowest BCUT2D eigenvalue weighted by Gasteiger charge is -2.26. The molecule has 7 heteroatoms. The maximum absolute atomic E-state index is 13.3. The van der Waals surface area contributed by atoms with E-state index < -0.39 is 11.6 Å². The number of amides is 2. The van der Waals surface area contributed by atoms with Gasteiger partial charge < -0.3 is 19.9 Å². The Morgan fingerprint density at radius 3 is 2.26 bits per heavy atom. The summed E-state index contributed by atoms with van der Waals surface area (Å²) >= 11 is 0. The van der Waals surface area contributed by atoms with Gasteiger partial charge in [-0.25, -0.2) is 9.59 Å². The molecular weight excluding hydrogens is 528 g/mol. The Hall–Kier alpha value is -4.78. The average Bonchev–Trinajstić information content (AvgIpc) is 3.47. The van der Waals surface area contributed by atoms with Crippen LogP contribution < -0.4 is 19.7 Å². The Bertz CT molecular complexity index is 1490. The molecule has 0 aliphatic heterocycles. The number of fused-ring (bicyclic) bond motifs is 1. The maximum Gasteiger partial charge on any atom is 0.348 e. The molecule has 0 fully saturated rings. The minimum Gasteiger partial charge on any atom is -0.494 e. The summed E-state index contributed by atoms with van der Waals surface area (Å²) in [5, 5.41) is 12.9. The van der Waals surface area contributed by atoms with Crippen molar-refractivity contribution in [2.45, 2.75) is 44.6 Å². The van der Waals surface area contributed by atoms with E-state index in [1.54, 1.807) is 24.0 Å². The average molecular weight is 565 g/mol. The normalized spacial score (nSPS) is 13.5. The summed E-state index contributed by atoms with van der Waals surface area (Å²) in [6.07, 6.45) is 4.14. The number of ether oxygens (including phenoxy) is 2. The van der Waals surface area contributed by atoms with E-state index in [2.05, 4.69) is 17.4 Å². The highest BCUT2D eigenvalue weighted by atomic mass is 16.5. The Morgan fingerprint density at radius 2 is 1.55 bits per heavy atom. The lowest BCUT2D eigenvalue weighted by atomic mass is 9.96. The molecule has 42 heavy (non-hydrogen) atoms. The van der Waals surface area contributed by atoms with Gasteiger partial charge in [-0.15, -0.1) is 0 Å². The van der Waals surface area contributed by atoms with Crippen LogP contribution in [0.4, 0.5) is 16.2 Å². The molecule has 2 N–H and O–H groups in total. The number of carboxylic acid groups (broad SMARTS) is 1. The van der Waals surface area contributed by atoms with Gasteiger partial charge >= 0.3 is 12.0 Å². The third kappa shape index (κ3) is 7.29. The molecule has 1 atom stereocenters. The number of carbonyl (C=O) groups excluding carboxylic acids is 1. The molecule has 7 nitrogen and oxygen atoms in total. The van der Waals surface area contributed by atoms with Crippen molar-refractivity contribution in [3.63, 3.8) is 0 Å². The van der Waals surface area contributed by atoms with Crippen molar-refractivity contribution in [3.8, 4) is 11.5 Å². The highest BCUT2D eigenvalue weighted by molar-refractivity contribution is 6.01. The Kier molecular flexibility index (Phi) is 9.07. The van der Waals surface area contributed by atoms with Crippen molar-refractivity contribution in [1.29, 1.82) is 0 Å². The summed E-state index contributed by atoms with van der Waals surface area (Å²) in [7, 11) is 0. The number of anilines is 2. The SMILES string of the molecule is CC(Cc1ccc(OCCCN(C(=O)Nc2ccc3c(c2)CCC3)c2ccccc2)cc1)(Oc1ccccc1)C(=O)O. The molecule has 0 spiro atoms. The zero-order chi connectivity index (χ0) is 29.4. The third-order valence-corrected chi connectivity index (χ3v) is 7.46. The van der Waals surface area contributed by atoms with Crippen LogP contribution in [0.15, 0.2) is 103 Å². The third-order valence-electron chi connectivity index (χ3n) is 7.46. The lowest BCUT2D eigenvalue weighted by Crippen LogP contribution is -2.43. The van der Waals surface area contributed by atoms with E-state index in [0.29, 0.717) is 31.1 Å². The van der Waals surface area contributed by atoms with Crippen molar-refractivity contribution in [2.24, 2.45) is 0 Å². The molecule has 1 unspecified atom stereocenters. The highest BCUT2D eigenvalue weighted by Crippen LogP contribution is 2.26. The second-order valence-electron chi connectivity index (χ2n) is 10.7. The molecule has 0 saturated heterocycles. The molecule has 5 rings (SSSR count). The van der Waals surface area contributed by atoms with Crippen LogP contribution in [-0.4, -0.2) is 35.9 Å². The fraction of sp³-hybridized carbons (Fsp3) is 0.257. The number of nitrogens with zero attached hydrogens (tertiary/aromatic N) is 1. The lowest BCUT2D eigenvalue weighted by molar-refractivity contribution is -0.153. The Balaban J connectivity index is 1.16. The van der Waals surface area contributed by atoms with Gasteiger partial charge in [-0.2, -0.15) is 0 Å². The summed E-state index contributed by atoms with van der Waals surface area (Å²) in [4.78, 5) is 27.1. The van der Waals surface area contributed by atoms with E-state index in [1.807, 2.05) is 78.9 Å². The van der Waals surface area contributed by atoms with Gasteiger partial charge in [0.1, 0.15) is 11.5 Å². The van der Waals surface area contributed by atoms with Crippen molar-refractivity contribution in [1.82, 2.24) is 0 Å². The number of aryl methyl sites for hydroxylation is 2. The summed E-state index contributed by atoms with van der Waals surface area (Å²) in [5.41, 5.74) is 3.72. The predicted octanol–water partition coefficient (Wildman–Crippen LogP) is 7.15. The van der Waals surface area contributed by atoms with Crippen LogP contribution in [0.1, 0.15) is 36.5 Å². The first-order valence-corrected chi connectivity index (χ1v) is 14.3. The van der Waals surface area contributed by atoms with Crippen molar-refractivity contribution >= 4 is 23.4 Å². The number of benzene rings is 4. The molecule has 0 saturated carbocycles. The fourth-order valence-corrected chi connectivity index (χ4v) is 5.21. The maximum atomic E-state index is 13.3. The van der Waals surface area contributed by atoms with E-state index in [1.165, 1.54) is 11.1 Å². The highest BCUT2D eigenvalue weighted by Gasteiger charge is 2.36. The first-order valence-electron chi connectivity index (χ1n) is 14.3. The van der Waals surface area contributed by atoms with E-state index in [4.69, 9.17) is 9.47 Å². The van der Waals surface area contributed by atoms with Crippen LogP contribution in [-0.2, 0) is 24.1 Å². The van der Waals surface area contributed by atoms with Gasteiger partial charge in [0.2, 0.25) is 5.60 Å². The van der Waals surface area contributed by atoms with Gasteiger partial charge in [0.05, 0.1) is 6.61 Å². The van der Waals surface area contributed by atoms with Gasteiger partial charge in [-0.05, 0) is 97.8 Å². The molecular formula is C35H36N2O5. The van der Waals surface area contributed by atoms with Crippen molar-refractivity contribution < 1.29 is 24.2 Å². The zero-order valence-corrected chi connectivity index (χ0v) is 23.8. The summed E-state index contributed by atoms with van der Waals surface area (Å²) in [5.74, 6) is 0.149. The van der Waals surface area contributed by atoms with Crippen LogP contribution in [0.25, 0.3) is 0 Å². The smallest absolute Gasteiger partial charge is 0.348 e. The van der Waals surface area contributed by atoms with E-state index in [9.17, 15) is 14.7 Å². The van der Waals surface area contributed by atoms with Crippen LogP contribution in [0.5, 0.6) is 11.5 Å². The standard InChI is InChI=1S/C35H36N2O5/c1-35(33(38)39,42-32-14-6-3-7-15-32)25-26-16-20-31(21-17-26)41-23-9-22-37(30-12-4-2-5-13-30)34(40)36-29-19-18-27-10-8-11-28(27)24-29/h2-7,12-21,24H,8-11,22-23,25H2,1H3,(H,36,40)(H,38,39). The first-order chi connectivity index (χ1) is 20.4. The molecule has 1 aliphatic carbocycles. The summed E-state index contributed by atoms with van der Waals surface area (Å²) in [6, 6.07) is 31.9. The molecule has 0 bridgehead atoms. The summed E-state index contributed by atoms with van der Waals surface area (Å²) < 4.78 is 11.8. The zero-order valence-electron chi connectivity index (χ0n) is 23.8. The minimum absolute atomic E-state index is 0.178. The number of aliphatic carboxylic acids is 1. The number of hydrogen-bond donors (Lipinski definition) is 2. The largest absolute Gasteiger partial charge is 0.494 e. The van der Waals surface area contributed by atoms with Crippen LogP contribution in [0.2, 0.25) is 0 Å². The van der Waals surface area contributed by atoms with Gasteiger partial charge in [-0.1, -0.05) is 54.6 Å². The van der Waals surface area contributed by atoms with Crippen LogP contribution in [0, 0.1) is 0 Å². The minimum atomic E-state index is -1.41. The van der Waals surface area contributed by atoms with E-state index >= 15 is 0 Å². The number of carbonyl (C=O) groups is 2. The topological polar surface area (TPSA) is 88.1 Å². The second kappa shape index (κ2) is 13.3. The molecule has 0 aromatic heterocycles. The van der Waals surface area contributed by atoms with Gasteiger partial charge in [0, 0.05) is 24.3 Å². The molecule has 0 heterocycles. The fourth-order valence-electron chi connectivity index (χ4n) is 5.21. The molecule has 4 aromatic rings. The van der Waals surface area contributed by atoms with Gasteiger partial charge in [0.25, 0.3) is 0 Å². The monoisotopic (exact) mass is 564 g/mol. The number of urea groups is 1.